The summed E-state index contributed by atoms with van der Waals surface area (Å²) < 4.78 is 5.73. The maximum atomic E-state index is 10.6. The molecule has 2 N–H and O–H groups in total. The van der Waals surface area contributed by atoms with Crippen molar-refractivity contribution >= 4 is 23.7 Å². The minimum atomic E-state index is 0.163. The highest BCUT2D eigenvalue weighted by Gasteiger charge is 2.05. The summed E-state index contributed by atoms with van der Waals surface area (Å²) in [5, 5.41) is 0. The molecule has 0 spiro atoms. The Bertz CT molecular complexity index is 368. The molecule has 0 heterocycles. The Kier molecular flexibility index (Phi) is 5.91. The smallest absolute Gasteiger partial charge is 0.152 e. The summed E-state index contributed by atoms with van der Waals surface area (Å²) in [6, 6.07) is 5.17. The Morgan fingerprint density at radius 2 is 2.29 bits per heavy atom. The first-order valence-electron chi connectivity index (χ1n) is 5.76. The Morgan fingerprint density at radius 1 is 1.53 bits per heavy atom. The second-order valence-electron chi connectivity index (χ2n) is 3.82. The quantitative estimate of drug-likeness (QED) is 0.461. The van der Waals surface area contributed by atoms with Gasteiger partial charge in [0.1, 0.15) is 5.75 Å². The maximum absolute atomic E-state index is 10.6. The number of hydrogen-bond acceptors (Lipinski definition) is 4. The molecule has 3 nitrogen and oxygen atoms in total. The predicted molar refractivity (Wildman–Crippen MR) is 73.9 cm³/mol. The van der Waals surface area contributed by atoms with E-state index in [2.05, 4.69) is 6.92 Å². The lowest BCUT2D eigenvalue weighted by atomic mass is 10.2. The molecular weight excluding hydrogens is 234 g/mol. The number of hydrogen-bond donors (Lipinski definition) is 1. The molecule has 0 aliphatic carbocycles. The number of ether oxygens (including phenoxy) is 1. The molecule has 0 aromatic heterocycles. The number of nitrogen functional groups attached to an aromatic ring is 1. The highest BCUT2D eigenvalue weighted by Crippen LogP contribution is 2.20. The van der Waals surface area contributed by atoms with Gasteiger partial charge in [0.05, 0.1) is 6.10 Å². The van der Waals surface area contributed by atoms with Crippen LogP contribution in [0, 0.1) is 0 Å². The van der Waals surface area contributed by atoms with Crippen LogP contribution in [0.15, 0.2) is 18.2 Å². The molecule has 0 aliphatic heterocycles. The van der Waals surface area contributed by atoms with Gasteiger partial charge < -0.3 is 10.5 Å². The largest absolute Gasteiger partial charge is 0.491 e. The van der Waals surface area contributed by atoms with Crippen molar-refractivity contribution in [2.45, 2.75) is 26.4 Å². The highest BCUT2D eigenvalue weighted by molar-refractivity contribution is 7.99. The molecule has 0 fully saturated rings. The molecule has 0 radical (unpaired) electrons. The van der Waals surface area contributed by atoms with E-state index in [1.165, 1.54) is 0 Å². The Hall–Kier alpha value is -1.16. The fraction of sp³-hybridized carbons (Fsp3) is 0.462. The molecular formula is C13H19NO2S. The average Bonchev–Trinajstić information content (AvgIpc) is 2.29. The van der Waals surface area contributed by atoms with Crippen LogP contribution in [-0.2, 0) is 0 Å². The topological polar surface area (TPSA) is 52.3 Å². The number of carbonyl (C=O) groups is 1. The summed E-state index contributed by atoms with van der Waals surface area (Å²) >= 11 is 1.91. The zero-order valence-electron chi connectivity index (χ0n) is 10.3. The Balaban J connectivity index is 2.50. The molecule has 94 valence electrons. The van der Waals surface area contributed by atoms with Crippen molar-refractivity contribution in [1.29, 1.82) is 0 Å². The minimum absolute atomic E-state index is 0.163. The number of thioether (sulfide) groups is 1. The van der Waals surface area contributed by atoms with E-state index in [1.807, 2.05) is 18.7 Å². The van der Waals surface area contributed by atoms with Gasteiger partial charge in [-0.1, -0.05) is 6.92 Å². The first kappa shape index (κ1) is 13.9. The number of rotatable bonds is 7. The zero-order valence-corrected chi connectivity index (χ0v) is 11.1. The normalized spacial score (nSPS) is 12.1. The lowest BCUT2D eigenvalue weighted by Gasteiger charge is -2.15. The van der Waals surface area contributed by atoms with Crippen molar-refractivity contribution in [2.75, 3.05) is 17.2 Å². The summed E-state index contributed by atoms with van der Waals surface area (Å²) in [4.78, 5) is 10.6. The molecule has 1 rings (SSSR count). The Labute approximate surface area is 107 Å². The van der Waals surface area contributed by atoms with E-state index in [0.717, 1.165) is 30.0 Å². The summed E-state index contributed by atoms with van der Waals surface area (Å²) in [7, 11) is 0. The molecule has 0 saturated carbocycles. The van der Waals surface area contributed by atoms with E-state index in [9.17, 15) is 4.79 Å². The van der Waals surface area contributed by atoms with Gasteiger partial charge in [-0.3, -0.25) is 4.79 Å². The lowest BCUT2D eigenvalue weighted by Crippen LogP contribution is -2.13. The van der Waals surface area contributed by atoms with Crippen LogP contribution in [0.25, 0.3) is 0 Å². The fourth-order valence-electron chi connectivity index (χ4n) is 1.42. The van der Waals surface area contributed by atoms with Gasteiger partial charge in [0.15, 0.2) is 6.29 Å². The van der Waals surface area contributed by atoms with E-state index in [1.54, 1.807) is 18.2 Å². The summed E-state index contributed by atoms with van der Waals surface area (Å²) in [5.74, 6) is 2.95. The van der Waals surface area contributed by atoms with Crippen molar-refractivity contribution in [3.63, 3.8) is 0 Å². The standard InChI is InChI=1S/C13H19NO2S/c1-3-17-7-6-10(2)16-12-5-4-11(9-15)13(14)8-12/h4-5,8-10H,3,6-7,14H2,1-2H3. The van der Waals surface area contributed by atoms with E-state index in [-0.39, 0.29) is 6.10 Å². The van der Waals surface area contributed by atoms with Crippen molar-refractivity contribution in [1.82, 2.24) is 0 Å². The van der Waals surface area contributed by atoms with Crippen molar-refractivity contribution in [3.8, 4) is 5.75 Å². The molecule has 0 saturated heterocycles. The fourth-order valence-corrected chi connectivity index (χ4v) is 2.21. The van der Waals surface area contributed by atoms with Crippen LogP contribution in [-0.4, -0.2) is 23.9 Å². The number of benzene rings is 1. The third-order valence-corrected chi connectivity index (χ3v) is 3.33. The molecule has 0 bridgehead atoms. The third kappa shape index (κ3) is 4.69. The molecule has 1 unspecified atom stereocenters. The van der Waals surface area contributed by atoms with Gasteiger partial charge in [0.2, 0.25) is 0 Å². The van der Waals surface area contributed by atoms with Crippen LogP contribution < -0.4 is 10.5 Å². The van der Waals surface area contributed by atoms with Crippen LogP contribution in [0.2, 0.25) is 0 Å². The van der Waals surface area contributed by atoms with Gasteiger partial charge in [0.25, 0.3) is 0 Å². The van der Waals surface area contributed by atoms with E-state index in [4.69, 9.17) is 10.5 Å². The number of nitrogens with two attached hydrogens (primary N) is 1. The SMILES string of the molecule is CCSCCC(C)Oc1ccc(C=O)c(N)c1. The van der Waals surface area contributed by atoms with Gasteiger partial charge in [-0.2, -0.15) is 11.8 Å². The first-order valence-corrected chi connectivity index (χ1v) is 6.92. The maximum Gasteiger partial charge on any atom is 0.152 e. The van der Waals surface area contributed by atoms with Gasteiger partial charge >= 0.3 is 0 Å². The Morgan fingerprint density at radius 3 is 2.88 bits per heavy atom. The summed E-state index contributed by atoms with van der Waals surface area (Å²) in [5.41, 5.74) is 6.69. The van der Waals surface area contributed by atoms with Crippen molar-refractivity contribution in [2.24, 2.45) is 0 Å². The molecule has 1 atom stereocenters. The minimum Gasteiger partial charge on any atom is -0.491 e. The molecule has 0 amide bonds. The van der Waals surface area contributed by atoms with Crippen LogP contribution in [0.3, 0.4) is 0 Å². The van der Waals surface area contributed by atoms with E-state index in [0.29, 0.717) is 11.3 Å². The van der Waals surface area contributed by atoms with Crippen molar-refractivity contribution < 1.29 is 9.53 Å². The number of anilines is 1. The molecule has 1 aromatic carbocycles. The first-order chi connectivity index (χ1) is 8.17. The highest BCUT2D eigenvalue weighted by atomic mass is 32.2. The van der Waals surface area contributed by atoms with Crippen LogP contribution in [0.1, 0.15) is 30.6 Å². The molecule has 4 heteroatoms. The average molecular weight is 253 g/mol. The number of carbonyl (C=O) groups excluding carboxylic acids is 1. The van der Waals surface area contributed by atoms with Crippen molar-refractivity contribution in [3.05, 3.63) is 23.8 Å². The molecule has 1 aromatic rings. The summed E-state index contributed by atoms with van der Waals surface area (Å²) in [6.07, 6.45) is 1.92. The monoisotopic (exact) mass is 253 g/mol. The van der Waals surface area contributed by atoms with Gasteiger partial charge in [0, 0.05) is 17.3 Å². The van der Waals surface area contributed by atoms with Crippen LogP contribution >= 0.6 is 11.8 Å². The van der Waals surface area contributed by atoms with E-state index >= 15 is 0 Å². The predicted octanol–water partition coefficient (Wildman–Crippen LogP) is 2.99. The van der Waals surface area contributed by atoms with Crippen LogP contribution in [0.5, 0.6) is 5.75 Å². The second-order valence-corrected chi connectivity index (χ2v) is 5.22. The molecule has 0 aliphatic rings. The van der Waals surface area contributed by atoms with E-state index < -0.39 is 0 Å². The zero-order chi connectivity index (χ0) is 12.7. The number of aldehydes is 1. The van der Waals surface area contributed by atoms with Gasteiger partial charge in [-0.25, -0.2) is 0 Å². The molecule has 17 heavy (non-hydrogen) atoms. The third-order valence-electron chi connectivity index (χ3n) is 2.40. The lowest BCUT2D eigenvalue weighted by molar-refractivity contribution is 0.112. The van der Waals surface area contributed by atoms with Crippen LogP contribution in [0.4, 0.5) is 5.69 Å². The summed E-state index contributed by atoms with van der Waals surface area (Å²) in [6.45, 7) is 4.19. The van der Waals surface area contributed by atoms with Gasteiger partial charge in [-0.05, 0) is 37.0 Å². The van der Waals surface area contributed by atoms with Gasteiger partial charge in [-0.15, -0.1) is 0 Å². The second kappa shape index (κ2) is 7.22.